The Bertz CT molecular complexity index is 1310. The summed E-state index contributed by atoms with van der Waals surface area (Å²) in [4.78, 5) is 39.8. The molecule has 0 aliphatic carbocycles. The molecule has 5 rings (SSSR count). The second kappa shape index (κ2) is 9.61. The summed E-state index contributed by atoms with van der Waals surface area (Å²) >= 11 is 0. The van der Waals surface area contributed by atoms with Crippen molar-refractivity contribution in [3.63, 3.8) is 0 Å². The molecule has 2 N–H and O–H groups in total. The van der Waals surface area contributed by atoms with Gasteiger partial charge in [-0.15, -0.1) is 0 Å². The number of para-hydroxylation sites is 3. The topological polar surface area (TPSA) is 106 Å². The van der Waals surface area contributed by atoms with Crippen molar-refractivity contribution in [2.24, 2.45) is 0 Å². The van der Waals surface area contributed by atoms with Crippen LogP contribution in [0.3, 0.4) is 0 Å². The smallest absolute Gasteiger partial charge is 0.325 e. The molecule has 9 heteroatoms. The second-order valence-corrected chi connectivity index (χ2v) is 8.62. The maximum Gasteiger partial charge on any atom is 0.325 e. The van der Waals surface area contributed by atoms with Gasteiger partial charge < -0.3 is 24.8 Å². The van der Waals surface area contributed by atoms with Crippen LogP contribution in [-0.4, -0.2) is 42.5 Å². The fourth-order valence-corrected chi connectivity index (χ4v) is 4.12. The molecule has 36 heavy (non-hydrogen) atoms. The summed E-state index contributed by atoms with van der Waals surface area (Å²) in [7, 11) is 0. The zero-order chi connectivity index (χ0) is 25.1. The van der Waals surface area contributed by atoms with E-state index in [4.69, 9.17) is 14.2 Å². The molecule has 0 radical (unpaired) electrons. The number of nitrogens with zero attached hydrogens (tertiary/aromatic N) is 1. The van der Waals surface area contributed by atoms with Crippen molar-refractivity contribution in [3.8, 4) is 23.0 Å². The predicted molar refractivity (Wildman–Crippen MR) is 131 cm³/mol. The maximum atomic E-state index is 13.3. The third-order valence-corrected chi connectivity index (χ3v) is 6.03. The van der Waals surface area contributed by atoms with Gasteiger partial charge in [0.2, 0.25) is 5.91 Å². The first-order chi connectivity index (χ1) is 17.4. The van der Waals surface area contributed by atoms with Crippen molar-refractivity contribution in [1.82, 2.24) is 10.2 Å². The highest BCUT2D eigenvalue weighted by Gasteiger charge is 2.49. The van der Waals surface area contributed by atoms with E-state index in [1.807, 2.05) is 18.2 Å². The lowest BCUT2D eigenvalue weighted by Gasteiger charge is -2.23. The molecule has 1 fully saturated rings. The molecule has 3 aromatic carbocycles. The summed E-state index contributed by atoms with van der Waals surface area (Å²) in [5.41, 5.74) is -0.394. The lowest BCUT2D eigenvalue weighted by Crippen LogP contribution is -2.42. The quantitative estimate of drug-likeness (QED) is 0.508. The molecule has 0 spiro atoms. The van der Waals surface area contributed by atoms with Gasteiger partial charge >= 0.3 is 6.03 Å². The third kappa shape index (κ3) is 4.55. The monoisotopic (exact) mass is 487 g/mol. The normalized spacial score (nSPS) is 18.9. The van der Waals surface area contributed by atoms with Crippen molar-refractivity contribution in [2.45, 2.75) is 18.9 Å². The molecule has 0 saturated carbocycles. The molecule has 2 heterocycles. The molecule has 0 unspecified atom stereocenters. The average molecular weight is 488 g/mol. The van der Waals surface area contributed by atoms with E-state index >= 15 is 0 Å². The SMILES string of the molecule is C[C@]1(c2ccc3c(c2)OCCCO3)NC(=O)N(CC(=O)Nc2ccccc2Oc2ccccc2)C1=O. The van der Waals surface area contributed by atoms with E-state index in [2.05, 4.69) is 10.6 Å². The first-order valence-corrected chi connectivity index (χ1v) is 11.6. The summed E-state index contributed by atoms with van der Waals surface area (Å²) < 4.78 is 17.3. The van der Waals surface area contributed by atoms with Crippen LogP contribution >= 0.6 is 0 Å². The van der Waals surface area contributed by atoms with Gasteiger partial charge in [-0.2, -0.15) is 0 Å². The largest absolute Gasteiger partial charge is 0.490 e. The maximum absolute atomic E-state index is 13.3. The van der Waals surface area contributed by atoms with E-state index in [1.54, 1.807) is 61.5 Å². The van der Waals surface area contributed by atoms with Gasteiger partial charge in [0, 0.05) is 6.42 Å². The summed E-state index contributed by atoms with van der Waals surface area (Å²) in [5, 5.41) is 5.46. The van der Waals surface area contributed by atoms with Crippen molar-refractivity contribution < 1.29 is 28.6 Å². The number of hydrogen-bond donors (Lipinski definition) is 2. The second-order valence-electron chi connectivity index (χ2n) is 8.62. The van der Waals surface area contributed by atoms with E-state index < -0.39 is 29.9 Å². The molecule has 0 bridgehead atoms. The van der Waals surface area contributed by atoms with Gasteiger partial charge in [0.1, 0.15) is 17.8 Å². The number of anilines is 1. The summed E-state index contributed by atoms with van der Waals surface area (Å²) in [6.07, 6.45) is 0.749. The summed E-state index contributed by atoms with van der Waals surface area (Å²) in [6, 6.07) is 20.6. The molecule has 0 aromatic heterocycles. The number of imide groups is 1. The van der Waals surface area contributed by atoms with Crippen molar-refractivity contribution in [2.75, 3.05) is 25.1 Å². The Labute approximate surface area is 208 Å². The number of urea groups is 1. The molecule has 2 aliphatic heterocycles. The van der Waals surface area contributed by atoms with Crippen LogP contribution in [0.4, 0.5) is 10.5 Å². The molecule has 9 nitrogen and oxygen atoms in total. The Morgan fingerprint density at radius 2 is 1.72 bits per heavy atom. The first kappa shape index (κ1) is 23.2. The van der Waals surface area contributed by atoms with E-state index in [9.17, 15) is 14.4 Å². The van der Waals surface area contributed by atoms with Crippen LogP contribution < -0.4 is 24.8 Å². The average Bonchev–Trinajstić information content (AvgIpc) is 3.03. The number of carbonyl (C=O) groups excluding carboxylic acids is 3. The van der Waals surface area contributed by atoms with Gasteiger partial charge in [-0.3, -0.25) is 14.5 Å². The number of ether oxygens (including phenoxy) is 3. The van der Waals surface area contributed by atoms with Crippen LogP contribution in [-0.2, 0) is 15.1 Å². The molecule has 3 aromatic rings. The van der Waals surface area contributed by atoms with Crippen LogP contribution in [0.15, 0.2) is 72.8 Å². The van der Waals surface area contributed by atoms with Crippen LogP contribution in [0.25, 0.3) is 0 Å². The highest BCUT2D eigenvalue weighted by atomic mass is 16.5. The van der Waals surface area contributed by atoms with Gasteiger partial charge in [0.25, 0.3) is 5.91 Å². The molecule has 2 aliphatic rings. The molecule has 4 amide bonds. The van der Waals surface area contributed by atoms with Gasteiger partial charge in [-0.25, -0.2) is 4.79 Å². The Hall–Kier alpha value is -4.53. The fraction of sp³-hybridized carbons (Fsp3) is 0.222. The van der Waals surface area contributed by atoms with E-state index in [0.29, 0.717) is 47.5 Å². The van der Waals surface area contributed by atoms with Crippen molar-refractivity contribution in [3.05, 3.63) is 78.4 Å². The number of nitrogens with one attached hydrogen (secondary N) is 2. The van der Waals surface area contributed by atoms with E-state index in [0.717, 1.165) is 11.3 Å². The van der Waals surface area contributed by atoms with Gasteiger partial charge in [0.15, 0.2) is 17.2 Å². The van der Waals surface area contributed by atoms with Crippen LogP contribution in [0, 0.1) is 0 Å². The Balaban J connectivity index is 1.30. The molecule has 184 valence electrons. The molecule has 1 atom stereocenters. The summed E-state index contributed by atoms with van der Waals surface area (Å²) in [5.74, 6) is 1.07. The zero-order valence-electron chi connectivity index (χ0n) is 19.7. The Morgan fingerprint density at radius 1 is 1.00 bits per heavy atom. The molecular weight excluding hydrogens is 462 g/mol. The first-order valence-electron chi connectivity index (χ1n) is 11.6. The third-order valence-electron chi connectivity index (χ3n) is 6.03. The minimum atomic E-state index is -1.35. The number of amides is 4. The Kier molecular flexibility index (Phi) is 6.20. The van der Waals surface area contributed by atoms with Crippen LogP contribution in [0.2, 0.25) is 0 Å². The molecular formula is C27H25N3O6. The van der Waals surface area contributed by atoms with Crippen molar-refractivity contribution >= 4 is 23.5 Å². The Morgan fingerprint density at radius 3 is 2.53 bits per heavy atom. The lowest BCUT2D eigenvalue weighted by atomic mass is 9.91. The number of benzene rings is 3. The number of rotatable bonds is 6. The van der Waals surface area contributed by atoms with E-state index in [1.165, 1.54) is 0 Å². The minimum Gasteiger partial charge on any atom is -0.490 e. The number of fused-ring (bicyclic) bond motifs is 1. The van der Waals surface area contributed by atoms with E-state index in [-0.39, 0.29) is 0 Å². The fourth-order valence-electron chi connectivity index (χ4n) is 4.12. The number of hydrogen-bond acceptors (Lipinski definition) is 6. The molecule has 1 saturated heterocycles. The zero-order valence-corrected chi connectivity index (χ0v) is 19.7. The summed E-state index contributed by atoms with van der Waals surface area (Å²) in [6.45, 7) is 2.19. The number of carbonyl (C=O) groups is 3. The van der Waals surface area contributed by atoms with Gasteiger partial charge in [-0.1, -0.05) is 36.4 Å². The predicted octanol–water partition coefficient (Wildman–Crippen LogP) is 4.05. The highest BCUT2D eigenvalue weighted by molar-refractivity contribution is 6.10. The lowest BCUT2D eigenvalue weighted by molar-refractivity contribution is -0.133. The van der Waals surface area contributed by atoms with Gasteiger partial charge in [0.05, 0.1) is 18.9 Å². The highest BCUT2D eigenvalue weighted by Crippen LogP contribution is 2.37. The standard InChI is InChI=1S/C27H25N3O6/c1-27(18-12-13-22-23(16-18)35-15-7-14-34-22)25(32)30(26(33)29-27)17-24(31)28-20-10-5-6-11-21(20)36-19-8-3-2-4-9-19/h2-6,8-13,16H,7,14-15,17H2,1H3,(H,28,31)(H,29,33)/t27-/m1/s1. The van der Waals surface area contributed by atoms with Gasteiger partial charge in [-0.05, 0) is 48.9 Å². The van der Waals surface area contributed by atoms with Crippen LogP contribution in [0.1, 0.15) is 18.9 Å². The minimum absolute atomic E-state index is 0.420. The van der Waals surface area contributed by atoms with Crippen molar-refractivity contribution in [1.29, 1.82) is 0 Å². The van der Waals surface area contributed by atoms with Crippen LogP contribution in [0.5, 0.6) is 23.0 Å².